The van der Waals surface area contributed by atoms with E-state index in [4.69, 9.17) is 5.73 Å². The van der Waals surface area contributed by atoms with Crippen LogP contribution in [0.3, 0.4) is 0 Å². The van der Waals surface area contributed by atoms with E-state index in [1.54, 1.807) is 0 Å². The average Bonchev–Trinajstić information content (AvgIpc) is 2.79. The van der Waals surface area contributed by atoms with Gasteiger partial charge in [-0.05, 0) is 36.9 Å². The number of nitrogens with zero attached hydrogens (tertiary/aromatic N) is 1. The minimum absolute atomic E-state index is 0.000145. The number of amides is 1. The lowest BCUT2D eigenvalue weighted by atomic mass is 9.94. The number of benzene rings is 1. The van der Waals surface area contributed by atoms with Gasteiger partial charge in [0.1, 0.15) is 0 Å². The highest BCUT2D eigenvalue weighted by Crippen LogP contribution is 2.25. The van der Waals surface area contributed by atoms with Gasteiger partial charge in [0.2, 0.25) is 5.91 Å². The summed E-state index contributed by atoms with van der Waals surface area (Å²) in [5.74, 6) is 0.795. The normalized spacial score (nSPS) is 12.8. The number of thiazole rings is 1. The summed E-state index contributed by atoms with van der Waals surface area (Å²) in [4.78, 5) is 16.4. The number of carbonyl (C=O) groups is 1. The van der Waals surface area contributed by atoms with Crippen molar-refractivity contribution in [3.63, 3.8) is 0 Å². The minimum Gasteiger partial charge on any atom is -0.330 e. The van der Waals surface area contributed by atoms with E-state index in [-0.39, 0.29) is 11.8 Å². The summed E-state index contributed by atoms with van der Waals surface area (Å²) in [6, 6.07) is 7.87. The molecule has 0 fully saturated rings. The van der Waals surface area contributed by atoms with Gasteiger partial charge in [0.15, 0.2) is 5.13 Å². The first-order valence-corrected chi connectivity index (χ1v) is 7.75. The first kappa shape index (κ1) is 14.9. The fraction of sp³-hybridized carbons (Fsp3) is 0.467. The van der Waals surface area contributed by atoms with Crippen LogP contribution in [0.15, 0.2) is 24.3 Å². The number of hydrogen-bond acceptors (Lipinski definition) is 4. The Balaban J connectivity index is 1.96. The highest BCUT2D eigenvalue weighted by Gasteiger charge is 2.15. The molecule has 0 radical (unpaired) electrons. The molecule has 1 amide bonds. The fourth-order valence-corrected chi connectivity index (χ4v) is 3.17. The van der Waals surface area contributed by atoms with Crippen LogP contribution in [-0.2, 0) is 4.79 Å². The molecule has 2 rings (SSSR count). The van der Waals surface area contributed by atoms with Crippen molar-refractivity contribution in [1.29, 1.82) is 0 Å². The Bertz CT molecular complexity index is 546. The second-order valence-electron chi connectivity index (χ2n) is 5.47. The van der Waals surface area contributed by atoms with Crippen molar-refractivity contribution < 1.29 is 4.79 Å². The van der Waals surface area contributed by atoms with E-state index < -0.39 is 0 Å². The lowest BCUT2D eigenvalue weighted by Crippen LogP contribution is -2.23. The van der Waals surface area contributed by atoms with Gasteiger partial charge in [-0.15, -0.1) is 0 Å². The predicted molar refractivity (Wildman–Crippen MR) is 84.9 cm³/mol. The number of para-hydroxylation sites is 1. The van der Waals surface area contributed by atoms with E-state index in [9.17, 15) is 4.79 Å². The Hall–Kier alpha value is -1.46. The highest BCUT2D eigenvalue weighted by molar-refractivity contribution is 7.22. The average molecular weight is 291 g/mol. The molecule has 0 saturated carbocycles. The number of nitrogens with two attached hydrogens (primary N) is 1. The second-order valence-corrected chi connectivity index (χ2v) is 6.50. The zero-order valence-corrected chi connectivity index (χ0v) is 12.7. The quantitative estimate of drug-likeness (QED) is 0.858. The van der Waals surface area contributed by atoms with Gasteiger partial charge in [0.25, 0.3) is 0 Å². The van der Waals surface area contributed by atoms with E-state index in [2.05, 4.69) is 24.1 Å². The largest absolute Gasteiger partial charge is 0.330 e. The monoisotopic (exact) mass is 291 g/mol. The number of carbonyl (C=O) groups excluding carboxylic acids is 1. The summed E-state index contributed by atoms with van der Waals surface area (Å²) >= 11 is 1.50. The lowest BCUT2D eigenvalue weighted by molar-refractivity contribution is -0.117. The van der Waals surface area contributed by atoms with Crippen molar-refractivity contribution in [3.8, 4) is 0 Å². The molecule has 2 aromatic rings. The maximum absolute atomic E-state index is 12.0. The van der Waals surface area contributed by atoms with Crippen LogP contribution >= 0.6 is 11.3 Å². The molecule has 1 atom stereocenters. The van der Waals surface area contributed by atoms with Crippen molar-refractivity contribution in [2.24, 2.45) is 17.6 Å². The fourth-order valence-electron chi connectivity index (χ4n) is 2.29. The Morgan fingerprint density at radius 1 is 1.40 bits per heavy atom. The lowest BCUT2D eigenvalue weighted by Gasteiger charge is -2.15. The van der Waals surface area contributed by atoms with Gasteiger partial charge in [0, 0.05) is 6.42 Å². The van der Waals surface area contributed by atoms with Gasteiger partial charge in [-0.3, -0.25) is 4.79 Å². The van der Waals surface area contributed by atoms with Crippen LogP contribution in [0.25, 0.3) is 10.2 Å². The summed E-state index contributed by atoms with van der Waals surface area (Å²) in [5.41, 5.74) is 6.65. The highest BCUT2D eigenvalue weighted by atomic mass is 32.1. The van der Waals surface area contributed by atoms with E-state index in [1.807, 2.05) is 24.3 Å². The minimum atomic E-state index is 0.000145. The van der Waals surface area contributed by atoms with Crippen molar-refractivity contribution in [1.82, 2.24) is 4.98 Å². The second kappa shape index (κ2) is 6.81. The van der Waals surface area contributed by atoms with Crippen LogP contribution in [0.1, 0.15) is 26.7 Å². The predicted octanol–water partition coefficient (Wildman–Crippen LogP) is 3.25. The first-order chi connectivity index (χ1) is 9.58. The van der Waals surface area contributed by atoms with Gasteiger partial charge in [0.05, 0.1) is 10.2 Å². The molecule has 108 valence electrons. The van der Waals surface area contributed by atoms with Crippen LogP contribution in [0, 0.1) is 11.8 Å². The van der Waals surface area contributed by atoms with Gasteiger partial charge in [-0.25, -0.2) is 4.98 Å². The number of nitrogens with one attached hydrogen (secondary N) is 1. The molecule has 3 N–H and O–H groups in total. The molecule has 0 aliphatic rings. The molecule has 1 aromatic carbocycles. The Morgan fingerprint density at radius 3 is 2.80 bits per heavy atom. The summed E-state index contributed by atoms with van der Waals surface area (Å²) < 4.78 is 1.08. The van der Waals surface area contributed by atoms with Crippen molar-refractivity contribution in [2.75, 3.05) is 11.9 Å². The first-order valence-electron chi connectivity index (χ1n) is 6.94. The summed E-state index contributed by atoms with van der Waals surface area (Å²) in [5, 5.41) is 3.55. The van der Waals surface area contributed by atoms with Crippen LogP contribution in [-0.4, -0.2) is 17.4 Å². The van der Waals surface area contributed by atoms with E-state index >= 15 is 0 Å². The number of anilines is 1. The zero-order chi connectivity index (χ0) is 14.5. The molecule has 1 aromatic heterocycles. The molecule has 1 unspecified atom stereocenters. The third-order valence-corrected chi connectivity index (χ3v) is 4.10. The Morgan fingerprint density at radius 2 is 2.15 bits per heavy atom. The maximum Gasteiger partial charge on any atom is 0.226 e. The van der Waals surface area contributed by atoms with E-state index in [1.165, 1.54) is 11.3 Å². The molecule has 20 heavy (non-hydrogen) atoms. The van der Waals surface area contributed by atoms with E-state index in [0.29, 0.717) is 24.0 Å². The molecule has 4 nitrogen and oxygen atoms in total. The smallest absolute Gasteiger partial charge is 0.226 e. The van der Waals surface area contributed by atoms with Crippen LogP contribution in [0.5, 0.6) is 0 Å². The topological polar surface area (TPSA) is 68.0 Å². The summed E-state index contributed by atoms with van der Waals surface area (Å²) in [7, 11) is 0. The van der Waals surface area contributed by atoms with Gasteiger partial charge >= 0.3 is 0 Å². The molecule has 0 spiro atoms. The third-order valence-electron chi connectivity index (χ3n) is 3.15. The molecule has 0 bridgehead atoms. The van der Waals surface area contributed by atoms with Gasteiger partial charge in [-0.1, -0.05) is 37.3 Å². The molecule has 0 aliphatic carbocycles. The number of fused-ring (bicyclic) bond motifs is 1. The van der Waals surface area contributed by atoms with Crippen molar-refractivity contribution >= 4 is 32.6 Å². The summed E-state index contributed by atoms with van der Waals surface area (Å²) in [6.45, 7) is 4.84. The van der Waals surface area contributed by atoms with Crippen molar-refractivity contribution in [2.45, 2.75) is 26.7 Å². The number of aromatic nitrogens is 1. The molecular weight excluding hydrogens is 270 g/mol. The summed E-state index contributed by atoms with van der Waals surface area (Å²) in [6.07, 6.45) is 1.44. The molecule has 5 heteroatoms. The molecule has 0 aliphatic heterocycles. The zero-order valence-electron chi connectivity index (χ0n) is 11.9. The number of hydrogen-bond donors (Lipinski definition) is 2. The van der Waals surface area contributed by atoms with Gasteiger partial charge in [-0.2, -0.15) is 0 Å². The molecular formula is C15H21N3OS. The van der Waals surface area contributed by atoms with Gasteiger partial charge < -0.3 is 11.1 Å². The standard InChI is InChI=1S/C15H21N3OS/c1-10(2)7-11(9-16)8-14(19)18-15-17-12-5-3-4-6-13(12)20-15/h3-6,10-11H,7-9,16H2,1-2H3,(H,17,18,19). The van der Waals surface area contributed by atoms with Crippen LogP contribution in [0.2, 0.25) is 0 Å². The third kappa shape index (κ3) is 4.02. The number of rotatable bonds is 6. The molecule has 1 heterocycles. The Kier molecular flexibility index (Phi) is 5.09. The van der Waals surface area contributed by atoms with E-state index in [0.717, 1.165) is 16.6 Å². The van der Waals surface area contributed by atoms with Crippen molar-refractivity contribution in [3.05, 3.63) is 24.3 Å². The maximum atomic E-state index is 12.0. The van der Waals surface area contributed by atoms with Crippen LogP contribution in [0.4, 0.5) is 5.13 Å². The van der Waals surface area contributed by atoms with Crippen LogP contribution < -0.4 is 11.1 Å². The SMILES string of the molecule is CC(C)CC(CN)CC(=O)Nc1nc2ccccc2s1. The Labute approximate surface area is 123 Å². The molecule has 0 saturated heterocycles.